The Hall–Kier alpha value is -0.880. The van der Waals surface area contributed by atoms with Crippen LogP contribution in [0.25, 0.3) is 0 Å². The summed E-state index contributed by atoms with van der Waals surface area (Å²) in [6.45, 7) is 8.69. The van der Waals surface area contributed by atoms with Crippen LogP contribution in [0.4, 0.5) is 0 Å². The molecule has 1 aliphatic rings. The molecular formula is C19H34Cl2N2O3. The van der Waals surface area contributed by atoms with Crippen molar-refractivity contribution in [3.05, 3.63) is 17.7 Å². The third-order valence-corrected chi connectivity index (χ3v) is 4.70. The molecule has 1 N–H and O–H groups in total. The maximum absolute atomic E-state index is 5.71. The first-order valence-electron chi connectivity index (χ1n) is 8.85. The second-order valence-corrected chi connectivity index (χ2v) is 6.72. The van der Waals surface area contributed by atoms with Gasteiger partial charge in [0, 0.05) is 44.4 Å². The van der Waals surface area contributed by atoms with Crippen LogP contribution in [0.3, 0.4) is 0 Å². The van der Waals surface area contributed by atoms with Gasteiger partial charge in [-0.3, -0.25) is 4.90 Å². The highest BCUT2D eigenvalue weighted by Gasteiger charge is 2.28. The lowest BCUT2D eigenvalue weighted by atomic mass is 9.94. The van der Waals surface area contributed by atoms with Crippen molar-refractivity contribution in [3.63, 3.8) is 0 Å². The van der Waals surface area contributed by atoms with Crippen molar-refractivity contribution >= 4 is 24.8 Å². The minimum Gasteiger partial charge on any atom is -0.496 e. The number of piperazine rings is 1. The van der Waals surface area contributed by atoms with Gasteiger partial charge in [0.1, 0.15) is 17.2 Å². The van der Waals surface area contributed by atoms with Crippen LogP contribution in [-0.2, 0) is 0 Å². The van der Waals surface area contributed by atoms with Gasteiger partial charge in [-0.1, -0.05) is 13.8 Å². The normalized spacial score (nSPS) is 15.6. The smallest absolute Gasteiger partial charge is 0.131 e. The zero-order chi connectivity index (χ0) is 17.5. The highest BCUT2D eigenvalue weighted by Crippen LogP contribution is 2.42. The van der Waals surface area contributed by atoms with Crippen LogP contribution >= 0.6 is 24.8 Å². The summed E-state index contributed by atoms with van der Waals surface area (Å²) < 4.78 is 16.8. The SMILES string of the molecule is COc1cc(OC)c([C@H](CCC(C)C)N2CCNCC2)c(OC)c1.Cl.Cl. The van der Waals surface area contributed by atoms with Gasteiger partial charge in [-0.15, -0.1) is 24.8 Å². The molecule has 1 aromatic carbocycles. The Morgan fingerprint density at radius 2 is 1.46 bits per heavy atom. The minimum atomic E-state index is 0. The first-order valence-corrected chi connectivity index (χ1v) is 8.85. The standard InChI is InChI=1S/C19H32N2O3.2ClH/c1-14(2)6-7-16(21-10-8-20-9-11-21)19-17(23-4)12-15(22-3)13-18(19)24-5;;/h12-14,16,20H,6-11H2,1-5H3;2*1H/t16-;;/m0../s1. The fraction of sp³-hybridized carbons (Fsp3) is 0.684. The number of hydrogen-bond acceptors (Lipinski definition) is 5. The number of nitrogens with zero attached hydrogens (tertiary/aromatic N) is 1. The first kappa shape index (κ1) is 25.1. The lowest BCUT2D eigenvalue weighted by molar-refractivity contribution is 0.154. The molecule has 1 aromatic rings. The monoisotopic (exact) mass is 408 g/mol. The minimum absolute atomic E-state index is 0. The van der Waals surface area contributed by atoms with E-state index in [4.69, 9.17) is 14.2 Å². The van der Waals surface area contributed by atoms with Crippen LogP contribution in [-0.4, -0.2) is 52.4 Å². The van der Waals surface area contributed by atoms with E-state index >= 15 is 0 Å². The van der Waals surface area contributed by atoms with Gasteiger partial charge < -0.3 is 19.5 Å². The Labute approximate surface area is 170 Å². The predicted molar refractivity (Wildman–Crippen MR) is 112 cm³/mol. The maximum Gasteiger partial charge on any atom is 0.131 e. The molecule has 1 aliphatic heterocycles. The number of rotatable bonds is 8. The van der Waals surface area contributed by atoms with E-state index in [9.17, 15) is 0 Å². The largest absolute Gasteiger partial charge is 0.496 e. The van der Waals surface area contributed by atoms with Gasteiger partial charge in [0.25, 0.3) is 0 Å². The van der Waals surface area contributed by atoms with Crippen molar-refractivity contribution in [3.8, 4) is 17.2 Å². The zero-order valence-corrected chi connectivity index (χ0v) is 18.2. The second-order valence-electron chi connectivity index (χ2n) is 6.72. The molecule has 0 bridgehead atoms. The number of nitrogens with one attached hydrogen (secondary N) is 1. The fourth-order valence-corrected chi connectivity index (χ4v) is 3.36. The molecular weight excluding hydrogens is 375 g/mol. The zero-order valence-electron chi connectivity index (χ0n) is 16.5. The van der Waals surface area contributed by atoms with Gasteiger partial charge >= 0.3 is 0 Å². The molecule has 0 aliphatic carbocycles. The molecule has 0 spiro atoms. The molecule has 2 rings (SSSR count). The highest BCUT2D eigenvalue weighted by atomic mass is 35.5. The molecule has 1 heterocycles. The lowest BCUT2D eigenvalue weighted by Gasteiger charge is -2.37. The van der Waals surface area contributed by atoms with Crippen LogP contribution in [0, 0.1) is 5.92 Å². The number of hydrogen-bond donors (Lipinski definition) is 1. The molecule has 1 fully saturated rings. The average molecular weight is 409 g/mol. The van der Waals surface area contributed by atoms with E-state index in [1.807, 2.05) is 12.1 Å². The molecule has 0 saturated carbocycles. The van der Waals surface area contributed by atoms with E-state index in [-0.39, 0.29) is 24.8 Å². The van der Waals surface area contributed by atoms with Gasteiger partial charge in [0.05, 0.1) is 26.9 Å². The third kappa shape index (κ3) is 6.38. The van der Waals surface area contributed by atoms with Crippen LogP contribution in [0.2, 0.25) is 0 Å². The highest BCUT2D eigenvalue weighted by molar-refractivity contribution is 5.85. The fourth-order valence-electron chi connectivity index (χ4n) is 3.36. The molecule has 0 amide bonds. The van der Waals surface area contributed by atoms with Gasteiger partial charge in [-0.05, 0) is 18.8 Å². The van der Waals surface area contributed by atoms with E-state index in [0.717, 1.165) is 55.4 Å². The van der Waals surface area contributed by atoms with Crippen molar-refractivity contribution in [2.45, 2.75) is 32.7 Å². The van der Waals surface area contributed by atoms with Crippen molar-refractivity contribution in [1.29, 1.82) is 0 Å². The average Bonchev–Trinajstić information content (AvgIpc) is 2.62. The lowest BCUT2D eigenvalue weighted by Crippen LogP contribution is -2.45. The summed E-state index contributed by atoms with van der Waals surface area (Å²) in [7, 11) is 5.10. The van der Waals surface area contributed by atoms with E-state index in [2.05, 4.69) is 24.1 Å². The molecule has 0 aromatic heterocycles. The van der Waals surface area contributed by atoms with E-state index in [1.54, 1.807) is 21.3 Å². The molecule has 1 saturated heterocycles. The Morgan fingerprint density at radius 3 is 1.88 bits per heavy atom. The van der Waals surface area contributed by atoms with E-state index in [1.165, 1.54) is 6.42 Å². The number of benzene rings is 1. The second kappa shape index (κ2) is 12.5. The predicted octanol–water partition coefficient (Wildman–Crippen LogP) is 3.94. The first-order chi connectivity index (χ1) is 11.6. The van der Waals surface area contributed by atoms with Crippen molar-refractivity contribution in [1.82, 2.24) is 10.2 Å². The molecule has 152 valence electrons. The summed E-state index contributed by atoms with van der Waals surface area (Å²) in [5, 5.41) is 3.44. The summed E-state index contributed by atoms with van der Waals surface area (Å²) in [6.07, 6.45) is 2.27. The molecule has 7 heteroatoms. The third-order valence-electron chi connectivity index (χ3n) is 4.70. The Bertz CT molecular complexity index is 499. The topological polar surface area (TPSA) is 43.0 Å². The Kier molecular flexibility index (Phi) is 12.1. The van der Waals surface area contributed by atoms with E-state index in [0.29, 0.717) is 12.0 Å². The number of methoxy groups -OCH3 is 3. The summed E-state index contributed by atoms with van der Waals surface area (Å²) >= 11 is 0. The molecule has 26 heavy (non-hydrogen) atoms. The Morgan fingerprint density at radius 1 is 0.923 bits per heavy atom. The summed E-state index contributed by atoms with van der Waals surface area (Å²) in [5.74, 6) is 3.12. The van der Waals surface area contributed by atoms with Gasteiger partial charge in [0.2, 0.25) is 0 Å². The summed E-state index contributed by atoms with van der Waals surface area (Å²) in [4.78, 5) is 2.55. The summed E-state index contributed by atoms with van der Waals surface area (Å²) in [6, 6.07) is 4.22. The maximum atomic E-state index is 5.71. The molecule has 0 unspecified atom stereocenters. The van der Waals surface area contributed by atoms with Gasteiger partial charge in [-0.25, -0.2) is 0 Å². The molecule has 1 atom stereocenters. The van der Waals surface area contributed by atoms with Crippen LogP contribution in [0.15, 0.2) is 12.1 Å². The van der Waals surface area contributed by atoms with Crippen LogP contribution in [0.5, 0.6) is 17.2 Å². The molecule has 5 nitrogen and oxygen atoms in total. The van der Waals surface area contributed by atoms with E-state index < -0.39 is 0 Å². The van der Waals surface area contributed by atoms with Crippen LogP contribution in [0.1, 0.15) is 38.3 Å². The van der Waals surface area contributed by atoms with Crippen LogP contribution < -0.4 is 19.5 Å². The summed E-state index contributed by atoms with van der Waals surface area (Å²) in [5.41, 5.74) is 1.14. The molecule has 0 radical (unpaired) electrons. The Balaban J connectivity index is 0.00000312. The van der Waals surface area contributed by atoms with Crippen molar-refractivity contribution in [2.24, 2.45) is 5.92 Å². The van der Waals surface area contributed by atoms with Crippen molar-refractivity contribution < 1.29 is 14.2 Å². The quantitative estimate of drug-likeness (QED) is 0.705. The van der Waals surface area contributed by atoms with Crippen molar-refractivity contribution in [2.75, 3.05) is 47.5 Å². The number of ether oxygens (including phenoxy) is 3. The van der Waals surface area contributed by atoms with Gasteiger partial charge in [0.15, 0.2) is 0 Å². The van der Waals surface area contributed by atoms with Gasteiger partial charge in [-0.2, -0.15) is 0 Å². The number of halogens is 2.